The van der Waals surface area contributed by atoms with Crippen molar-refractivity contribution in [3.8, 4) is 0 Å². The Labute approximate surface area is 215 Å². The van der Waals surface area contributed by atoms with Crippen LogP contribution in [0.1, 0.15) is 64.2 Å². The van der Waals surface area contributed by atoms with Crippen molar-refractivity contribution in [2.75, 3.05) is 0 Å². The van der Waals surface area contributed by atoms with Gasteiger partial charge in [-0.15, -0.1) is 11.3 Å². The number of carbonyl (C=O) groups is 4. The number of ketones is 1. The van der Waals surface area contributed by atoms with Gasteiger partial charge in [-0.25, -0.2) is 14.6 Å². The molecule has 1 unspecified atom stereocenters. The molecule has 1 amide bonds. The largest absolute Gasteiger partial charge is 0.417 e. The molecule has 1 saturated heterocycles. The highest BCUT2D eigenvalue weighted by atomic mass is 32.1. The number of thiazole rings is 1. The molecular weight excluding hydrogens is 498 g/mol. The van der Waals surface area contributed by atoms with E-state index >= 15 is 0 Å². The molecule has 190 valence electrons. The SMILES string of the molecule is CC(=O)c1nc(C)n2cc(C3=C(C(=O)OC4OC(=O)c5ccccc54)N4C(=O)[C@H]([C@@H](C)O)[C@H]4[C@H]3C)sc12. The summed E-state index contributed by atoms with van der Waals surface area (Å²) in [6, 6.07) is 6.20. The molecule has 11 heteroatoms. The summed E-state index contributed by atoms with van der Waals surface area (Å²) in [5.74, 6) is -2.31. The number of hydrogen-bond donors (Lipinski definition) is 1. The molecule has 0 saturated carbocycles. The molecule has 0 radical (unpaired) electrons. The van der Waals surface area contributed by atoms with Gasteiger partial charge < -0.3 is 19.5 Å². The maximum Gasteiger partial charge on any atom is 0.358 e. The maximum absolute atomic E-state index is 13.7. The third-order valence-electron chi connectivity index (χ3n) is 7.32. The number of Topliss-reactive ketones (excluding diaryl/α,β-unsaturated/α-hetero) is 1. The molecule has 2 aromatic heterocycles. The Morgan fingerprint density at radius 3 is 2.68 bits per heavy atom. The Hall–Kier alpha value is -3.83. The molecule has 3 aliphatic rings. The first-order valence-corrected chi connectivity index (χ1v) is 12.7. The van der Waals surface area contributed by atoms with Crippen LogP contribution >= 0.6 is 11.3 Å². The van der Waals surface area contributed by atoms with Gasteiger partial charge in [0.2, 0.25) is 5.91 Å². The molecule has 3 aliphatic heterocycles. The third-order valence-corrected chi connectivity index (χ3v) is 8.45. The third kappa shape index (κ3) is 3.23. The van der Waals surface area contributed by atoms with E-state index in [-0.39, 0.29) is 23.3 Å². The lowest BCUT2D eigenvalue weighted by Crippen LogP contribution is -2.63. The van der Waals surface area contributed by atoms with Gasteiger partial charge in [0.05, 0.1) is 28.5 Å². The van der Waals surface area contributed by atoms with Crippen molar-refractivity contribution in [2.24, 2.45) is 11.8 Å². The Morgan fingerprint density at radius 1 is 1.24 bits per heavy atom. The number of cyclic esters (lactones) is 1. The van der Waals surface area contributed by atoms with Gasteiger partial charge in [-0.05, 0) is 19.9 Å². The van der Waals surface area contributed by atoms with Crippen molar-refractivity contribution >= 4 is 45.4 Å². The number of rotatable bonds is 5. The van der Waals surface area contributed by atoms with E-state index in [1.54, 1.807) is 48.7 Å². The van der Waals surface area contributed by atoms with Crippen molar-refractivity contribution in [1.29, 1.82) is 0 Å². The summed E-state index contributed by atoms with van der Waals surface area (Å²) in [5, 5.41) is 10.3. The predicted octanol–water partition coefficient (Wildman–Crippen LogP) is 2.89. The monoisotopic (exact) mass is 521 g/mol. The molecule has 0 bridgehead atoms. The number of ether oxygens (including phenoxy) is 2. The van der Waals surface area contributed by atoms with Gasteiger partial charge >= 0.3 is 11.9 Å². The van der Waals surface area contributed by atoms with E-state index in [4.69, 9.17) is 9.47 Å². The fraction of sp³-hybridized carbons (Fsp3) is 0.346. The fourth-order valence-corrected chi connectivity index (χ4v) is 6.94. The molecule has 0 aliphatic carbocycles. The molecule has 1 aromatic carbocycles. The minimum Gasteiger partial charge on any atom is -0.417 e. The molecule has 3 aromatic rings. The zero-order valence-corrected chi connectivity index (χ0v) is 21.2. The average molecular weight is 522 g/mol. The number of aliphatic hydroxyl groups excluding tert-OH is 1. The van der Waals surface area contributed by atoms with E-state index in [0.29, 0.717) is 37.9 Å². The number of β-lactam (4-membered cyclic amide) rings is 1. The highest BCUT2D eigenvalue weighted by molar-refractivity contribution is 7.18. The van der Waals surface area contributed by atoms with Gasteiger partial charge in [-0.2, -0.15) is 0 Å². The smallest absolute Gasteiger partial charge is 0.358 e. The molecule has 1 N–H and O–H groups in total. The Bertz CT molecular complexity index is 1570. The highest BCUT2D eigenvalue weighted by Gasteiger charge is 2.60. The van der Waals surface area contributed by atoms with Crippen molar-refractivity contribution in [3.63, 3.8) is 0 Å². The van der Waals surface area contributed by atoms with E-state index in [9.17, 15) is 24.3 Å². The number of nitrogens with zero attached hydrogens (tertiary/aromatic N) is 3. The summed E-state index contributed by atoms with van der Waals surface area (Å²) in [6.45, 7) is 6.68. The highest BCUT2D eigenvalue weighted by Crippen LogP contribution is 2.52. The summed E-state index contributed by atoms with van der Waals surface area (Å²) in [5.41, 5.74) is 1.71. The first-order chi connectivity index (χ1) is 17.6. The standard InChI is InChI=1S/C26H23N3O7S/c1-10-17(16-9-28-13(4)27-19(12(3)31)23(28)37-16)21(29-20(10)18(11(2)30)22(29)32)25(34)36-26-15-8-6-5-7-14(15)24(33)35-26/h5-11,18,20,26,30H,1-4H3/t10-,11+,18+,20+,26?/m0/s1. The lowest BCUT2D eigenvalue weighted by atomic mass is 9.77. The minimum atomic E-state index is -1.24. The Kier molecular flexibility index (Phi) is 5.15. The van der Waals surface area contributed by atoms with Gasteiger partial charge in [-0.3, -0.25) is 14.0 Å². The number of carbonyl (C=O) groups excluding carboxylic acids is 4. The quantitative estimate of drug-likeness (QED) is 0.308. The summed E-state index contributed by atoms with van der Waals surface area (Å²) in [7, 11) is 0. The van der Waals surface area contributed by atoms with E-state index in [0.717, 1.165) is 0 Å². The minimum absolute atomic E-state index is 0.0549. The van der Waals surface area contributed by atoms with Gasteiger partial charge in [0.1, 0.15) is 22.0 Å². The van der Waals surface area contributed by atoms with Crippen molar-refractivity contribution in [3.05, 3.63) is 63.7 Å². The Morgan fingerprint density at radius 2 is 1.97 bits per heavy atom. The molecule has 5 heterocycles. The van der Waals surface area contributed by atoms with Crippen LogP contribution in [-0.4, -0.2) is 55.2 Å². The summed E-state index contributed by atoms with van der Waals surface area (Å²) in [4.78, 5) is 58.2. The van der Waals surface area contributed by atoms with Crippen LogP contribution in [-0.2, 0) is 19.1 Å². The molecule has 6 rings (SSSR count). The predicted molar refractivity (Wildman–Crippen MR) is 130 cm³/mol. The van der Waals surface area contributed by atoms with Crippen LogP contribution < -0.4 is 0 Å². The van der Waals surface area contributed by atoms with Crippen LogP contribution in [0.25, 0.3) is 10.4 Å². The van der Waals surface area contributed by atoms with Crippen molar-refractivity contribution < 1.29 is 33.8 Å². The number of hydrogen-bond acceptors (Lipinski definition) is 9. The number of benzene rings is 1. The molecular formula is C26H23N3O7S. The van der Waals surface area contributed by atoms with Crippen LogP contribution in [0.2, 0.25) is 0 Å². The van der Waals surface area contributed by atoms with E-state index in [2.05, 4.69) is 4.98 Å². The normalized spacial score (nSPS) is 25.2. The second kappa shape index (κ2) is 8.09. The first kappa shape index (κ1) is 23.6. The van der Waals surface area contributed by atoms with Gasteiger partial charge in [0, 0.05) is 30.2 Å². The lowest BCUT2D eigenvalue weighted by molar-refractivity contribution is -0.173. The number of aromatic nitrogens is 2. The van der Waals surface area contributed by atoms with Gasteiger partial charge in [0.25, 0.3) is 6.29 Å². The molecule has 37 heavy (non-hydrogen) atoms. The van der Waals surface area contributed by atoms with Crippen molar-refractivity contribution in [2.45, 2.75) is 46.1 Å². The van der Waals surface area contributed by atoms with Gasteiger partial charge in [-0.1, -0.05) is 25.1 Å². The van der Waals surface area contributed by atoms with Crippen LogP contribution in [0.3, 0.4) is 0 Å². The second-order valence-electron chi connectivity index (χ2n) is 9.58. The maximum atomic E-state index is 13.7. The number of imidazole rings is 1. The number of fused-ring (bicyclic) bond motifs is 3. The number of aliphatic hydroxyl groups is 1. The van der Waals surface area contributed by atoms with Crippen LogP contribution in [0.4, 0.5) is 0 Å². The summed E-state index contributed by atoms with van der Waals surface area (Å²) in [6.07, 6.45) is -0.338. The molecule has 5 atom stereocenters. The number of aryl methyl sites for hydroxylation is 1. The number of esters is 2. The zero-order valence-electron chi connectivity index (χ0n) is 20.4. The second-order valence-corrected chi connectivity index (χ2v) is 10.6. The fourth-order valence-electron chi connectivity index (χ4n) is 5.61. The van der Waals surface area contributed by atoms with E-state index < -0.39 is 36.3 Å². The van der Waals surface area contributed by atoms with E-state index in [1.165, 1.54) is 23.2 Å². The lowest BCUT2D eigenvalue weighted by Gasteiger charge is -2.46. The molecule has 1 fully saturated rings. The topological polar surface area (TPSA) is 128 Å². The summed E-state index contributed by atoms with van der Waals surface area (Å²) < 4.78 is 12.7. The van der Waals surface area contributed by atoms with E-state index in [1.807, 2.05) is 6.92 Å². The van der Waals surface area contributed by atoms with Crippen molar-refractivity contribution in [1.82, 2.24) is 14.3 Å². The Balaban J connectivity index is 1.46. The average Bonchev–Trinajstić information content (AvgIpc) is 3.55. The zero-order chi connectivity index (χ0) is 26.3. The van der Waals surface area contributed by atoms with Gasteiger partial charge in [0.15, 0.2) is 5.78 Å². The molecule has 0 spiro atoms. The summed E-state index contributed by atoms with van der Waals surface area (Å²) >= 11 is 1.30. The molecule has 10 nitrogen and oxygen atoms in total. The van der Waals surface area contributed by atoms with Crippen LogP contribution in [0, 0.1) is 18.8 Å². The first-order valence-electron chi connectivity index (χ1n) is 11.9. The van der Waals surface area contributed by atoms with Crippen LogP contribution in [0.15, 0.2) is 36.2 Å². The number of amides is 1. The van der Waals surface area contributed by atoms with Crippen LogP contribution in [0.5, 0.6) is 0 Å².